The number of benzene rings is 1. The van der Waals surface area contributed by atoms with Crippen molar-refractivity contribution in [1.82, 2.24) is 0 Å². The highest BCUT2D eigenvalue weighted by Crippen LogP contribution is 2.35. The van der Waals surface area contributed by atoms with E-state index in [9.17, 15) is 0 Å². The van der Waals surface area contributed by atoms with E-state index < -0.39 is 0 Å². The van der Waals surface area contributed by atoms with Crippen molar-refractivity contribution >= 4 is 0 Å². The molecule has 2 unspecified atom stereocenters. The van der Waals surface area contributed by atoms with Crippen LogP contribution >= 0.6 is 0 Å². The van der Waals surface area contributed by atoms with Gasteiger partial charge in [-0.25, -0.2) is 0 Å². The molecule has 0 N–H and O–H groups in total. The summed E-state index contributed by atoms with van der Waals surface area (Å²) in [5, 5.41) is 0. The maximum absolute atomic E-state index is 5.94. The zero-order valence-corrected chi connectivity index (χ0v) is 15.4. The van der Waals surface area contributed by atoms with Crippen LogP contribution in [0.5, 0.6) is 5.75 Å². The first-order valence-corrected chi connectivity index (χ1v) is 8.56. The third-order valence-electron chi connectivity index (χ3n) is 4.06. The van der Waals surface area contributed by atoms with Crippen LogP contribution in [0, 0.1) is 17.8 Å². The molecule has 0 saturated heterocycles. The second-order valence-corrected chi connectivity index (χ2v) is 7.11. The molecule has 0 heterocycles. The van der Waals surface area contributed by atoms with Crippen LogP contribution in [0.2, 0.25) is 0 Å². The van der Waals surface area contributed by atoms with Crippen molar-refractivity contribution in [1.29, 1.82) is 0 Å². The second-order valence-electron chi connectivity index (χ2n) is 7.11. The van der Waals surface area contributed by atoms with Crippen LogP contribution in [0.3, 0.4) is 0 Å². The predicted molar refractivity (Wildman–Crippen MR) is 96.6 cm³/mol. The van der Waals surface area contributed by atoms with Crippen LogP contribution in [0.4, 0.5) is 0 Å². The Balaban J connectivity index is 3.13. The summed E-state index contributed by atoms with van der Waals surface area (Å²) in [4.78, 5) is 0. The maximum Gasteiger partial charge on any atom is 0.123 e. The summed E-state index contributed by atoms with van der Waals surface area (Å²) in [6.45, 7) is 16.2. The fourth-order valence-corrected chi connectivity index (χ4v) is 2.43. The molecule has 1 heteroatoms. The minimum Gasteiger partial charge on any atom is -0.493 e. The molecule has 0 aliphatic carbocycles. The van der Waals surface area contributed by atoms with Gasteiger partial charge in [0.1, 0.15) is 5.75 Å². The Hall–Kier alpha value is -1.42. The van der Waals surface area contributed by atoms with E-state index in [4.69, 9.17) is 4.74 Å². The lowest BCUT2D eigenvalue weighted by Gasteiger charge is -2.25. The molecule has 0 spiro atoms. The SMILES string of the molecule is CCC#CC(C)C(C)c1ccc(OCCC)c(C(C)(C)C)c1. The maximum atomic E-state index is 5.94. The van der Waals surface area contributed by atoms with Gasteiger partial charge >= 0.3 is 0 Å². The second kappa shape index (κ2) is 8.28. The Morgan fingerprint density at radius 2 is 1.82 bits per heavy atom. The van der Waals surface area contributed by atoms with E-state index in [0.717, 1.165) is 25.2 Å². The Labute approximate surface area is 137 Å². The molecule has 122 valence electrons. The lowest BCUT2D eigenvalue weighted by atomic mass is 9.82. The lowest BCUT2D eigenvalue weighted by molar-refractivity contribution is 0.308. The highest BCUT2D eigenvalue weighted by molar-refractivity contribution is 5.43. The summed E-state index contributed by atoms with van der Waals surface area (Å²) < 4.78 is 5.94. The van der Waals surface area contributed by atoms with Gasteiger partial charge < -0.3 is 4.74 Å². The van der Waals surface area contributed by atoms with Gasteiger partial charge in [0.25, 0.3) is 0 Å². The summed E-state index contributed by atoms with van der Waals surface area (Å²) in [7, 11) is 0. The van der Waals surface area contributed by atoms with E-state index in [2.05, 4.69) is 78.5 Å². The lowest BCUT2D eigenvalue weighted by Crippen LogP contribution is -2.15. The summed E-state index contributed by atoms with van der Waals surface area (Å²) in [5.74, 6) is 8.39. The van der Waals surface area contributed by atoms with Crippen molar-refractivity contribution in [2.75, 3.05) is 6.61 Å². The van der Waals surface area contributed by atoms with Crippen molar-refractivity contribution in [3.63, 3.8) is 0 Å². The number of ether oxygens (including phenoxy) is 1. The number of rotatable bonds is 5. The molecule has 1 rings (SSSR count). The monoisotopic (exact) mass is 300 g/mol. The average Bonchev–Trinajstić information content (AvgIpc) is 2.48. The van der Waals surface area contributed by atoms with Gasteiger partial charge in [-0.15, -0.1) is 5.92 Å². The molecule has 0 amide bonds. The van der Waals surface area contributed by atoms with Crippen molar-refractivity contribution in [3.05, 3.63) is 29.3 Å². The van der Waals surface area contributed by atoms with Crippen LogP contribution in [-0.4, -0.2) is 6.61 Å². The summed E-state index contributed by atoms with van der Waals surface area (Å²) >= 11 is 0. The topological polar surface area (TPSA) is 9.23 Å². The molecule has 0 aromatic heterocycles. The zero-order valence-electron chi connectivity index (χ0n) is 15.4. The molecule has 22 heavy (non-hydrogen) atoms. The Morgan fingerprint density at radius 3 is 2.36 bits per heavy atom. The fraction of sp³-hybridized carbons (Fsp3) is 0.619. The minimum absolute atomic E-state index is 0.0805. The molecule has 0 radical (unpaired) electrons. The van der Waals surface area contributed by atoms with Gasteiger partial charge in [-0.05, 0) is 34.9 Å². The van der Waals surface area contributed by atoms with E-state index >= 15 is 0 Å². The van der Waals surface area contributed by atoms with Gasteiger partial charge in [0.05, 0.1) is 6.61 Å². The van der Waals surface area contributed by atoms with Crippen molar-refractivity contribution in [2.24, 2.45) is 5.92 Å². The first kappa shape index (κ1) is 18.6. The summed E-state index contributed by atoms with van der Waals surface area (Å²) in [6.07, 6.45) is 1.96. The van der Waals surface area contributed by atoms with E-state index in [1.807, 2.05) is 0 Å². The summed E-state index contributed by atoms with van der Waals surface area (Å²) in [5.41, 5.74) is 2.73. The van der Waals surface area contributed by atoms with Gasteiger partial charge in [0.15, 0.2) is 0 Å². The van der Waals surface area contributed by atoms with Crippen molar-refractivity contribution in [3.8, 4) is 17.6 Å². The van der Waals surface area contributed by atoms with Gasteiger partial charge in [0.2, 0.25) is 0 Å². The van der Waals surface area contributed by atoms with Gasteiger partial charge in [0, 0.05) is 12.3 Å². The quantitative estimate of drug-likeness (QED) is 0.613. The Morgan fingerprint density at radius 1 is 1.14 bits per heavy atom. The Bertz CT molecular complexity index is 525. The molecule has 1 nitrogen and oxygen atoms in total. The molecule has 0 fully saturated rings. The molecule has 0 saturated carbocycles. The molecule has 0 bridgehead atoms. The standard InChI is InChI=1S/C21H32O/c1-8-10-11-16(3)17(4)18-12-13-20(22-14-9-2)19(15-18)21(5,6)7/h12-13,15-17H,8-9,14H2,1-7H3. The van der Waals surface area contributed by atoms with Crippen molar-refractivity contribution in [2.45, 2.75) is 72.6 Å². The Kier molecular flexibility index (Phi) is 7.01. The average molecular weight is 300 g/mol. The third-order valence-corrected chi connectivity index (χ3v) is 4.06. The highest BCUT2D eigenvalue weighted by atomic mass is 16.5. The summed E-state index contributed by atoms with van der Waals surface area (Å²) in [6, 6.07) is 6.66. The van der Waals surface area contributed by atoms with E-state index in [0.29, 0.717) is 11.8 Å². The normalized spacial score (nSPS) is 14.0. The van der Waals surface area contributed by atoms with Crippen LogP contribution in [0.25, 0.3) is 0 Å². The van der Waals surface area contributed by atoms with Gasteiger partial charge in [-0.1, -0.05) is 66.5 Å². The van der Waals surface area contributed by atoms with Crippen molar-refractivity contribution < 1.29 is 4.74 Å². The van der Waals surface area contributed by atoms with Crippen LogP contribution in [-0.2, 0) is 5.41 Å². The largest absolute Gasteiger partial charge is 0.493 e. The van der Waals surface area contributed by atoms with Crippen LogP contribution < -0.4 is 4.74 Å². The number of hydrogen-bond donors (Lipinski definition) is 0. The molecule has 2 atom stereocenters. The molecule has 0 aliphatic rings. The first-order chi connectivity index (χ1) is 10.3. The molecular weight excluding hydrogens is 268 g/mol. The van der Waals surface area contributed by atoms with Gasteiger partial charge in [-0.3, -0.25) is 0 Å². The third kappa shape index (κ3) is 5.09. The van der Waals surface area contributed by atoms with Crippen LogP contribution in [0.15, 0.2) is 18.2 Å². The number of hydrogen-bond acceptors (Lipinski definition) is 1. The van der Waals surface area contributed by atoms with Crippen LogP contribution in [0.1, 0.15) is 78.4 Å². The minimum atomic E-state index is 0.0805. The van der Waals surface area contributed by atoms with E-state index in [-0.39, 0.29) is 5.41 Å². The first-order valence-electron chi connectivity index (χ1n) is 8.56. The van der Waals surface area contributed by atoms with Gasteiger partial charge in [-0.2, -0.15) is 0 Å². The van der Waals surface area contributed by atoms with E-state index in [1.165, 1.54) is 11.1 Å². The zero-order chi connectivity index (χ0) is 16.8. The van der Waals surface area contributed by atoms with E-state index in [1.54, 1.807) is 0 Å². The predicted octanol–water partition coefficient (Wildman–Crippen LogP) is 5.93. The molecule has 1 aromatic rings. The fourth-order valence-electron chi connectivity index (χ4n) is 2.43. The molecule has 0 aliphatic heterocycles. The molecule has 1 aromatic carbocycles. The highest BCUT2D eigenvalue weighted by Gasteiger charge is 2.22. The molecular formula is C21H32O. The smallest absolute Gasteiger partial charge is 0.123 e.